The normalized spacial score (nSPS) is 15.4. The highest BCUT2D eigenvalue weighted by Gasteiger charge is 2.26. The smallest absolute Gasteiger partial charge is 0.207 e. The molecule has 0 saturated carbocycles. The summed E-state index contributed by atoms with van der Waals surface area (Å²) >= 11 is 4.44. The Morgan fingerprint density at radius 2 is 2.16 bits per heavy atom. The highest BCUT2D eigenvalue weighted by atomic mass is 79.9. The van der Waals surface area contributed by atoms with E-state index in [-0.39, 0.29) is 9.72 Å². The van der Waals surface area contributed by atoms with Crippen LogP contribution in [0.3, 0.4) is 0 Å². The summed E-state index contributed by atoms with van der Waals surface area (Å²) in [5.41, 5.74) is 1.07. The van der Waals surface area contributed by atoms with Crippen LogP contribution in [0.1, 0.15) is 13.3 Å². The molecule has 1 aromatic rings. The van der Waals surface area contributed by atoms with Crippen molar-refractivity contribution in [3.63, 3.8) is 0 Å². The fourth-order valence-electron chi connectivity index (χ4n) is 1.64. The van der Waals surface area contributed by atoms with E-state index in [0.717, 1.165) is 17.8 Å². The topological polar surface area (TPSA) is 62.1 Å². The molecule has 0 spiro atoms. The fourth-order valence-corrected chi connectivity index (χ4v) is 3.78. The van der Waals surface area contributed by atoms with Crippen LogP contribution in [-0.4, -0.2) is 31.1 Å². The van der Waals surface area contributed by atoms with Crippen LogP contribution in [0.2, 0.25) is 0 Å². The number of hydrogen-bond acceptors (Lipinski definition) is 4. The lowest BCUT2D eigenvalue weighted by molar-refractivity contribution is 0.462. The zero-order valence-corrected chi connectivity index (χ0v) is 13.8. The quantitative estimate of drug-likeness (QED) is 0.765. The van der Waals surface area contributed by atoms with Gasteiger partial charge in [0.2, 0.25) is 10.0 Å². The van der Waals surface area contributed by atoms with E-state index in [1.54, 1.807) is 25.2 Å². The lowest BCUT2D eigenvalue weighted by Crippen LogP contribution is -2.29. The lowest BCUT2D eigenvalue weighted by atomic mass is 10.3. The minimum Gasteiger partial charge on any atom is -0.207 e. The fraction of sp³-hybridized carbons (Fsp3) is 0.455. The monoisotopic (exact) mass is 363 g/mol. The van der Waals surface area contributed by atoms with Crippen LogP contribution in [-0.2, 0) is 21.4 Å². The summed E-state index contributed by atoms with van der Waals surface area (Å²) in [6, 6.07) is 5.03. The van der Waals surface area contributed by atoms with Gasteiger partial charge in [-0.25, -0.2) is 12.7 Å². The summed E-state index contributed by atoms with van der Waals surface area (Å²) in [4.78, 5) is 0.505. The van der Waals surface area contributed by atoms with Crippen molar-refractivity contribution in [1.82, 2.24) is 4.31 Å². The van der Waals surface area contributed by atoms with Crippen molar-refractivity contribution in [2.24, 2.45) is 8.73 Å². The van der Waals surface area contributed by atoms with Crippen LogP contribution >= 0.6 is 15.9 Å². The van der Waals surface area contributed by atoms with Gasteiger partial charge in [0, 0.05) is 18.4 Å². The first kappa shape index (κ1) is 14.8. The van der Waals surface area contributed by atoms with Crippen LogP contribution in [0.4, 0.5) is 11.4 Å². The molecule has 5 nitrogen and oxygen atoms in total. The van der Waals surface area contributed by atoms with E-state index in [1.807, 2.05) is 6.92 Å². The van der Waals surface area contributed by atoms with Gasteiger partial charge in [0.05, 0.1) is 11.4 Å². The first-order chi connectivity index (χ1) is 8.93. The maximum absolute atomic E-state index is 12.5. The van der Waals surface area contributed by atoms with E-state index in [9.17, 15) is 8.42 Å². The molecule has 1 aliphatic rings. The predicted octanol–water partition coefficient (Wildman–Crippen LogP) is 3.21. The van der Waals surface area contributed by atoms with Crippen LogP contribution in [0, 0.1) is 0 Å². The molecule has 0 aromatic heterocycles. The van der Waals surface area contributed by atoms with Gasteiger partial charge in [0.15, 0.2) is 0 Å². The Labute approximate surface area is 125 Å². The van der Waals surface area contributed by atoms with Gasteiger partial charge in [-0.3, -0.25) is 0 Å². The zero-order chi connectivity index (χ0) is 14.0. The summed E-state index contributed by atoms with van der Waals surface area (Å²) in [5, 5.41) is 0. The summed E-state index contributed by atoms with van der Waals surface area (Å²) in [5.74, 6) is 0. The first-order valence-electron chi connectivity index (χ1n) is 5.74. The SMILES string of the molecule is CC(Br)CCN(C)S(=O)(=O)c1cccc2c1N=S=N2. The third-order valence-corrected chi connectivity index (χ3v) is 5.67. The van der Waals surface area contributed by atoms with Crippen LogP contribution in [0.15, 0.2) is 31.8 Å². The molecule has 0 radical (unpaired) electrons. The minimum atomic E-state index is -3.51. The van der Waals surface area contributed by atoms with Crippen molar-refractivity contribution in [2.75, 3.05) is 13.6 Å². The van der Waals surface area contributed by atoms with Crippen molar-refractivity contribution in [1.29, 1.82) is 0 Å². The number of sulfonamides is 1. The average molecular weight is 364 g/mol. The lowest BCUT2D eigenvalue weighted by Gasteiger charge is -2.18. The molecule has 1 unspecified atom stereocenters. The van der Waals surface area contributed by atoms with Gasteiger partial charge in [0.25, 0.3) is 0 Å². The molecule has 1 aromatic carbocycles. The molecule has 0 fully saturated rings. The zero-order valence-electron chi connectivity index (χ0n) is 10.6. The molecule has 1 aliphatic heterocycles. The van der Waals surface area contributed by atoms with E-state index in [4.69, 9.17) is 0 Å². The molecule has 2 rings (SSSR count). The summed E-state index contributed by atoms with van der Waals surface area (Å²) in [6.07, 6.45) is 0.751. The van der Waals surface area contributed by atoms with Gasteiger partial charge in [-0.2, -0.15) is 8.73 Å². The molecule has 19 heavy (non-hydrogen) atoms. The summed E-state index contributed by atoms with van der Waals surface area (Å²) in [7, 11) is -1.93. The van der Waals surface area contributed by atoms with Gasteiger partial charge in [-0.05, 0) is 18.6 Å². The van der Waals surface area contributed by atoms with E-state index >= 15 is 0 Å². The Bertz CT molecular complexity index is 652. The number of hydrogen-bond donors (Lipinski definition) is 0. The van der Waals surface area contributed by atoms with Crippen LogP contribution < -0.4 is 0 Å². The predicted molar refractivity (Wildman–Crippen MR) is 80.8 cm³/mol. The molecule has 0 amide bonds. The highest BCUT2D eigenvalue weighted by molar-refractivity contribution is 9.09. The highest BCUT2D eigenvalue weighted by Crippen LogP contribution is 2.38. The minimum absolute atomic E-state index is 0.225. The van der Waals surface area contributed by atoms with Gasteiger partial charge < -0.3 is 0 Å². The van der Waals surface area contributed by atoms with Crippen molar-refractivity contribution < 1.29 is 8.42 Å². The maximum Gasteiger partial charge on any atom is 0.245 e. The van der Waals surface area contributed by atoms with E-state index in [0.29, 0.717) is 17.9 Å². The molecule has 8 heteroatoms. The second kappa shape index (κ2) is 5.82. The van der Waals surface area contributed by atoms with E-state index in [2.05, 4.69) is 24.7 Å². The van der Waals surface area contributed by atoms with Crippen LogP contribution in [0.5, 0.6) is 0 Å². The molecule has 0 aliphatic carbocycles. The van der Waals surface area contributed by atoms with Gasteiger partial charge in [-0.1, -0.05) is 28.9 Å². The molecule has 0 N–H and O–H groups in total. The molecular weight excluding hydrogens is 350 g/mol. The molecule has 104 valence electrons. The molecule has 1 atom stereocenters. The number of nitrogens with zero attached hydrogens (tertiary/aromatic N) is 3. The third-order valence-electron chi connectivity index (χ3n) is 2.78. The molecule has 0 saturated heterocycles. The number of halogens is 1. The first-order valence-corrected chi connectivity index (χ1v) is 8.83. The largest absolute Gasteiger partial charge is 0.245 e. The van der Waals surface area contributed by atoms with Crippen molar-refractivity contribution in [2.45, 2.75) is 23.1 Å². The second-order valence-corrected chi connectivity index (χ2v) is 8.39. The van der Waals surface area contributed by atoms with E-state index < -0.39 is 10.0 Å². The number of alkyl halides is 1. The summed E-state index contributed by atoms with van der Waals surface area (Å²) in [6.45, 7) is 2.45. The van der Waals surface area contributed by atoms with Crippen LogP contribution in [0.25, 0.3) is 0 Å². The molecule has 1 heterocycles. The number of fused-ring (bicyclic) bond motifs is 1. The summed E-state index contributed by atoms with van der Waals surface area (Å²) < 4.78 is 34.5. The van der Waals surface area contributed by atoms with E-state index in [1.165, 1.54) is 4.31 Å². The maximum atomic E-state index is 12.5. The average Bonchev–Trinajstić information content (AvgIpc) is 2.83. The van der Waals surface area contributed by atoms with Crippen molar-refractivity contribution >= 4 is 48.7 Å². The van der Waals surface area contributed by atoms with Gasteiger partial charge in [-0.15, -0.1) is 0 Å². The standard InChI is InChI=1S/C11H14BrN3O2S2/c1-8(12)6-7-15(2)19(16,17)10-5-3-4-9-11(10)14-18-13-9/h3-5,8H,6-7H2,1-2H3. The van der Waals surface area contributed by atoms with Gasteiger partial charge in [0.1, 0.15) is 16.3 Å². The van der Waals surface area contributed by atoms with Crippen molar-refractivity contribution in [3.8, 4) is 0 Å². The number of benzene rings is 1. The molecular formula is C11H14BrN3O2S2. The third kappa shape index (κ3) is 3.13. The Balaban J connectivity index is 2.31. The van der Waals surface area contributed by atoms with Gasteiger partial charge >= 0.3 is 0 Å². The number of rotatable bonds is 5. The Morgan fingerprint density at radius 3 is 2.84 bits per heavy atom. The Kier molecular flexibility index (Phi) is 4.54. The Hall–Kier alpha value is -0.570. The molecule has 0 bridgehead atoms. The Morgan fingerprint density at radius 1 is 1.42 bits per heavy atom. The van der Waals surface area contributed by atoms with Crippen molar-refractivity contribution in [3.05, 3.63) is 18.2 Å². The second-order valence-electron chi connectivity index (χ2n) is 4.28.